The lowest BCUT2D eigenvalue weighted by Gasteiger charge is -2.16. The molecule has 0 aliphatic heterocycles. The zero-order valence-corrected chi connectivity index (χ0v) is 14.6. The van der Waals surface area contributed by atoms with Crippen molar-refractivity contribution in [2.24, 2.45) is 0 Å². The van der Waals surface area contributed by atoms with Crippen LogP contribution in [-0.2, 0) is 9.59 Å². The molecule has 0 saturated heterocycles. The summed E-state index contributed by atoms with van der Waals surface area (Å²) in [5.74, 6) is -0.163. The summed E-state index contributed by atoms with van der Waals surface area (Å²) in [6.07, 6.45) is -0.770. The topological polar surface area (TPSA) is 67.4 Å². The van der Waals surface area contributed by atoms with E-state index in [1.807, 2.05) is 0 Å². The summed E-state index contributed by atoms with van der Waals surface area (Å²) >= 11 is 11.9. The van der Waals surface area contributed by atoms with Gasteiger partial charge in [-0.1, -0.05) is 29.3 Å². The third-order valence-electron chi connectivity index (χ3n) is 3.02. The molecule has 5 nitrogen and oxygen atoms in total. The number of ether oxygens (including phenoxy) is 1. The maximum absolute atomic E-state index is 12.2. The average Bonchev–Trinajstić information content (AvgIpc) is 2.49. The Morgan fingerprint density at radius 3 is 2.33 bits per heavy atom. The van der Waals surface area contributed by atoms with Crippen LogP contribution in [0.15, 0.2) is 42.5 Å². The molecule has 1 atom stereocenters. The molecule has 0 radical (unpaired) electrons. The van der Waals surface area contributed by atoms with Crippen molar-refractivity contribution in [3.05, 3.63) is 52.5 Å². The number of carbonyl (C=O) groups excluding carboxylic acids is 2. The van der Waals surface area contributed by atoms with Gasteiger partial charge in [0.2, 0.25) is 5.91 Å². The van der Waals surface area contributed by atoms with Crippen molar-refractivity contribution < 1.29 is 14.3 Å². The quantitative estimate of drug-likeness (QED) is 0.825. The van der Waals surface area contributed by atoms with Crippen LogP contribution in [0, 0.1) is 0 Å². The van der Waals surface area contributed by atoms with Gasteiger partial charge in [-0.25, -0.2) is 0 Å². The van der Waals surface area contributed by atoms with Crippen LogP contribution in [0.2, 0.25) is 10.0 Å². The minimum absolute atomic E-state index is 0.187. The lowest BCUT2D eigenvalue weighted by Crippen LogP contribution is -2.30. The zero-order chi connectivity index (χ0) is 17.7. The summed E-state index contributed by atoms with van der Waals surface area (Å²) < 4.78 is 5.56. The molecule has 24 heavy (non-hydrogen) atoms. The highest BCUT2D eigenvalue weighted by atomic mass is 35.5. The number of amides is 2. The first-order valence-electron chi connectivity index (χ1n) is 7.15. The Balaban J connectivity index is 2.02. The standard InChI is InChI=1S/C17H16Cl2N2O3/c1-10(24-16-7-6-12(18)8-15(16)19)17(23)21-14-5-3-4-13(9-14)20-11(2)22/h3-10H,1-2H3,(H,20,22)(H,21,23)/t10-/m1/s1. The molecule has 0 aliphatic carbocycles. The van der Waals surface area contributed by atoms with E-state index in [4.69, 9.17) is 27.9 Å². The number of hydrogen-bond acceptors (Lipinski definition) is 3. The van der Waals surface area contributed by atoms with Gasteiger partial charge in [-0.15, -0.1) is 0 Å². The van der Waals surface area contributed by atoms with Gasteiger partial charge in [-0.3, -0.25) is 9.59 Å². The lowest BCUT2D eigenvalue weighted by atomic mass is 10.2. The molecule has 0 saturated carbocycles. The van der Waals surface area contributed by atoms with Crippen molar-refractivity contribution in [3.63, 3.8) is 0 Å². The number of anilines is 2. The molecule has 0 aromatic heterocycles. The van der Waals surface area contributed by atoms with E-state index < -0.39 is 6.10 Å². The fraction of sp³-hybridized carbons (Fsp3) is 0.176. The van der Waals surface area contributed by atoms with Crippen LogP contribution < -0.4 is 15.4 Å². The predicted molar refractivity (Wildman–Crippen MR) is 95.9 cm³/mol. The molecule has 0 heterocycles. The molecule has 0 bridgehead atoms. The van der Waals surface area contributed by atoms with E-state index in [9.17, 15) is 9.59 Å². The highest BCUT2D eigenvalue weighted by Crippen LogP contribution is 2.28. The average molecular weight is 367 g/mol. The summed E-state index contributed by atoms with van der Waals surface area (Å²) in [6, 6.07) is 11.6. The Morgan fingerprint density at radius 1 is 1.04 bits per heavy atom. The molecule has 2 N–H and O–H groups in total. The smallest absolute Gasteiger partial charge is 0.265 e. The van der Waals surface area contributed by atoms with Gasteiger partial charge in [0.15, 0.2) is 6.10 Å². The SMILES string of the molecule is CC(=O)Nc1cccc(NC(=O)[C@@H](C)Oc2ccc(Cl)cc2Cl)c1. The summed E-state index contributed by atoms with van der Waals surface area (Å²) in [5, 5.41) is 6.18. The first-order valence-corrected chi connectivity index (χ1v) is 7.91. The number of rotatable bonds is 5. The fourth-order valence-electron chi connectivity index (χ4n) is 1.94. The van der Waals surface area contributed by atoms with Gasteiger partial charge in [-0.2, -0.15) is 0 Å². The van der Waals surface area contributed by atoms with Crippen LogP contribution in [0.3, 0.4) is 0 Å². The van der Waals surface area contributed by atoms with Crippen molar-refractivity contribution in [2.45, 2.75) is 20.0 Å². The Morgan fingerprint density at radius 2 is 1.71 bits per heavy atom. The second kappa shape index (κ2) is 8.04. The van der Waals surface area contributed by atoms with E-state index in [0.717, 1.165) is 0 Å². The van der Waals surface area contributed by atoms with Crippen molar-refractivity contribution in [1.29, 1.82) is 0 Å². The highest BCUT2D eigenvalue weighted by molar-refractivity contribution is 6.35. The predicted octanol–water partition coefficient (Wildman–Crippen LogP) is 4.36. The minimum Gasteiger partial charge on any atom is -0.479 e. The maximum atomic E-state index is 12.2. The van der Waals surface area contributed by atoms with E-state index >= 15 is 0 Å². The highest BCUT2D eigenvalue weighted by Gasteiger charge is 2.16. The Kier molecular flexibility index (Phi) is 6.06. The summed E-state index contributed by atoms with van der Waals surface area (Å²) in [5.41, 5.74) is 1.14. The Hall–Kier alpha value is -2.24. The normalized spacial score (nSPS) is 11.5. The number of carbonyl (C=O) groups is 2. The zero-order valence-electron chi connectivity index (χ0n) is 13.1. The second-order valence-corrected chi connectivity index (χ2v) is 5.93. The van der Waals surface area contributed by atoms with E-state index in [1.54, 1.807) is 49.4 Å². The third-order valence-corrected chi connectivity index (χ3v) is 3.55. The third kappa shape index (κ3) is 5.15. The van der Waals surface area contributed by atoms with Crippen LogP contribution in [0.1, 0.15) is 13.8 Å². The Bertz CT molecular complexity index is 765. The van der Waals surface area contributed by atoms with E-state index in [2.05, 4.69) is 10.6 Å². The summed E-state index contributed by atoms with van der Waals surface area (Å²) in [4.78, 5) is 23.3. The van der Waals surface area contributed by atoms with Crippen molar-refractivity contribution in [1.82, 2.24) is 0 Å². The van der Waals surface area contributed by atoms with E-state index in [1.165, 1.54) is 6.92 Å². The van der Waals surface area contributed by atoms with Crippen LogP contribution in [0.4, 0.5) is 11.4 Å². The number of benzene rings is 2. The molecule has 2 aromatic carbocycles. The van der Waals surface area contributed by atoms with Gasteiger partial charge >= 0.3 is 0 Å². The van der Waals surface area contributed by atoms with Crippen molar-refractivity contribution in [3.8, 4) is 5.75 Å². The van der Waals surface area contributed by atoms with Crippen LogP contribution in [0.5, 0.6) is 5.75 Å². The number of hydrogen-bond donors (Lipinski definition) is 2. The molecule has 2 aromatic rings. The molecular formula is C17H16Cl2N2O3. The molecule has 0 aliphatic rings. The fourth-order valence-corrected chi connectivity index (χ4v) is 2.39. The minimum atomic E-state index is -0.770. The molecule has 0 fully saturated rings. The van der Waals surface area contributed by atoms with Crippen LogP contribution in [0.25, 0.3) is 0 Å². The van der Waals surface area contributed by atoms with Gasteiger partial charge in [0, 0.05) is 23.3 Å². The Labute approximate surface area is 149 Å². The van der Waals surface area contributed by atoms with E-state index in [0.29, 0.717) is 27.2 Å². The van der Waals surface area contributed by atoms with Gasteiger partial charge < -0.3 is 15.4 Å². The molecule has 0 spiro atoms. The molecule has 0 unspecified atom stereocenters. The van der Waals surface area contributed by atoms with Gasteiger partial charge in [-0.05, 0) is 43.3 Å². The molecule has 2 amide bonds. The summed E-state index contributed by atoms with van der Waals surface area (Å²) in [6.45, 7) is 3.02. The lowest BCUT2D eigenvalue weighted by molar-refractivity contribution is -0.122. The van der Waals surface area contributed by atoms with Gasteiger partial charge in [0.05, 0.1) is 5.02 Å². The first kappa shape index (κ1) is 18.1. The van der Waals surface area contributed by atoms with Crippen molar-refractivity contribution >= 4 is 46.4 Å². The second-order valence-electron chi connectivity index (χ2n) is 5.09. The molecular weight excluding hydrogens is 351 g/mol. The van der Waals surface area contributed by atoms with E-state index in [-0.39, 0.29) is 11.8 Å². The monoisotopic (exact) mass is 366 g/mol. The van der Waals surface area contributed by atoms with Gasteiger partial charge in [0.25, 0.3) is 5.91 Å². The molecule has 2 rings (SSSR count). The largest absolute Gasteiger partial charge is 0.479 e. The number of nitrogens with one attached hydrogen (secondary N) is 2. The first-order chi connectivity index (χ1) is 11.3. The summed E-state index contributed by atoms with van der Waals surface area (Å²) in [7, 11) is 0. The molecule has 7 heteroatoms. The van der Waals surface area contributed by atoms with Crippen molar-refractivity contribution in [2.75, 3.05) is 10.6 Å². The molecule has 126 valence electrons. The van der Waals surface area contributed by atoms with Crippen LogP contribution >= 0.6 is 23.2 Å². The van der Waals surface area contributed by atoms with Gasteiger partial charge in [0.1, 0.15) is 5.75 Å². The van der Waals surface area contributed by atoms with Crippen LogP contribution in [-0.4, -0.2) is 17.9 Å². The number of halogens is 2. The maximum Gasteiger partial charge on any atom is 0.265 e.